The lowest BCUT2D eigenvalue weighted by Crippen LogP contribution is -2.01. The Labute approximate surface area is 57.1 Å². The number of hydrogen-bond donors (Lipinski definition) is 1. The normalized spacial score (nSPS) is 10.1. The molecule has 0 spiro atoms. The molecule has 46 valence electrons. The van der Waals surface area contributed by atoms with Crippen LogP contribution in [-0.4, -0.2) is 10.1 Å². The van der Waals surface area contributed by atoms with Crippen molar-refractivity contribution in [3.05, 3.63) is 12.4 Å². The zero-order valence-corrected chi connectivity index (χ0v) is 5.77. The lowest BCUT2D eigenvalue weighted by Gasteiger charge is -1.87. The minimum absolute atomic E-state index is 0.350. The first-order valence-corrected chi connectivity index (χ1v) is 3.34. The van der Waals surface area contributed by atoms with Crippen LogP contribution in [0, 0.1) is 0 Å². The fourth-order valence-corrected chi connectivity index (χ4v) is 0.704. The number of thiocarbonyl (C=S) groups is 1. The van der Waals surface area contributed by atoms with Crippen LogP contribution in [0.15, 0.2) is 12.4 Å². The highest BCUT2D eigenvalue weighted by Gasteiger charge is 1.83. The van der Waals surface area contributed by atoms with E-state index in [0.29, 0.717) is 16.4 Å². The number of rotatable bonds is 2. The van der Waals surface area contributed by atoms with Crippen molar-refractivity contribution in [2.75, 3.05) is 5.75 Å². The van der Waals surface area contributed by atoms with Crippen molar-refractivity contribution in [3.63, 3.8) is 0 Å². The molecule has 0 aromatic rings. The van der Waals surface area contributed by atoms with Crippen LogP contribution < -0.4 is 5.73 Å². The summed E-state index contributed by atoms with van der Waals surface area (Å²) in [6, 6.07) is 0. The summed E-state index contributed by atoms with van der Waals surface area (Å²) in [4.78, 5) is 0. The Morgan fingerprint density at radius 3 is 2.88 bits per heavy atom. The standard InChI is InChI=1S/C4H6FNS2/c5-2-1-3-8-4(6)7/h1-2H,3H2,(H2,6,7). The molecule has 0 atom stereocenters. The summed E-state index contributed by atoms with van der Waals surface area (Å²) in [5, 5.41) is 0. The average Bonchev–Trinajstić information content (AvgIpc) is 1.66. The molecule has 0 unspecified atom stereocenters. The minimum Gasteiger partial charge on any atom is -0.385 e. The topological polar surface area (TPSA) is 26.0 Å². The fraction of sp³-hybridized carbons (Fsp3) is 0.250. The minimum atomic E-state index is 0.350. The van der Waals surface area contributed by atoms with E-state index >= 15 is 0 Å². The van der Waals surface area contributed by atoms with Crippen LogP contribution in [0.25, 0.3) is 0 Å². The van der Waals surface area contributed by atoms with Gasteiger partial charge in [-0.15, -0.1) is 0 Å². The van der Waals surface area contributed by atoms with Gasteiger partial charge in [0.2, 0.25) is 0 Å². The van der Waals surface area contributed by atoms with E-state index in [-0.39, 0.29) is 0 Å². The highest BCUT2D eigenvalue weighted by molar-refractivity contribution is 8.23. The Kier molecular flexibility index (Phi) is 5.00. The molecular formula is C4H6FNS2. The molecule has 0 amide bonds. The Balaban J connectivity index is 3.05. The van der Waals surface area contributed by atoms with E-state index in [1.165, 1.54) is 17.8 Å². The van der Waals surface area contributed by atoms with Crippen molar-refractivity contribution in [1.82, 2.24) is 0 Å². The second kappa shape index (κ2) is 5.05. The monoisotopic (exact) mass is 151 g/mol. The summed E-state index contributed by atoms with van der Waals surface area (Å²) in [6.07, 6.45) is 1.83. The lowest BCUT2D eigenvalue weighted by atomic mass is 10.7. The molecule has 2 N–H and O–H groups in total. The Morgan fingerprint density at radius 1 is 1.88 bits per heavy atom. The molecule has 0 aliphatic rings. The molecule has 0 aliphatic heterocycles. The van der Waals surface area contributed by atoms with E-state index in [2.05, 4.69) is 12.2 Å². The zero-order chi connectivity index (χ0) is 6.41. The van der Waals surface area contributed by atoms with Gasteiger partial charge >= 0.3 is 0 Å². The van der Waals surface area contributed by atoms with E-state index in [9.17, 15) is 4.39 Å². The number of halogens is 1. The predicted molar refractivity (Wildman–Crippen MR) is 39.5 cm³/mol. The second-order valence-electron chi connectivity index (χ2n) is 0.992. The Bertz CT molecular complexity index is 102. The lowest BCUT2D eigenvalue weighted by molar-refractivity contribution is 0.719. The van der Waals surface area contributed by atoms with E-state index in [1.807, 2.05) is 0 Å². The molecule has 0 saturated heterocycles. The SMILES string of the molecule is NC(=S)SCC=CF. The van der Waals surface area contributed by atoms with Gasteiger partial charge < -0.3 is 5.73 Å². The third-order valence-corrected chi connectivity index (χ3v) is 1.41. The van der Waals surface area contributed by atoms with Crippen LogP contribution in [0.4, 0.5) is 4.39 Å². The molecule has 0 saturated carbocycles. The van der Waals surface area contributed by atoms with Crippen LogP contribution in [0.2, 0.25) is 0 Å². The van der Waals surface area contributed by atoms with Crippen LogP contribution in [-0.2, 0) is 0 Å². The maximum absolute atomic E-state index is 11.2. The van der Waals surface area contributed by atoms with E-state index in [4.69, 9.17) is 5.73 Å². The van der Waals surface area contributed by atoms with E-state index < -0.39 is 0 Å². The molecule has 8 heavy (non-hydrogen) atoms. The van der Waals surface area contributed by atoms with Crippen molar-refractivity contribution in [2.24, 2.45) is 5.73 Å². The summed E-state index contributed by atoms with van der Waals surface area (Å²) in [7, 11) is 0. The van der Waals surface area contributed by atoms with Crippen molar-refractivity contribution in [1.29, 1.82) is 0 Å². The van der Waals surface area contributed by atoms with Gasteiger partial charge in [0.25, 0.3) is 0 Å². The highest BCUT2D eigenvalue weighted by atomic mass is 32.2. The van der Waals surface area contributed by atoms with Gasteiger partial charge in [-0.1, -0.05) is 24.0 Å². The third-order valence-electron chi connectivity index (χ3n) is 0.411. The molecule has 0 rings (SSSR count). The molecule has 0 aliphatic carbocycles. The van der Waals surface area contributed by atoms with Gasteiger partial charge in [-0.05, 0) is 6.08 Å². The van der Waals surface area contributed by atoms with Crippen molar-refractivity contribution in [2.45, 2.75) is 0 Å². The van der Waals surface area contributed by atoms with Crippen molar-refractivity contribution in [3.8, 4) is 0 Å². The van der Waals surface area contributed by atoms with E-state index in [0.717, 1.165) is 0 Å². The maximum Gasteiger partial charge on any atom is 0.131 e. The molecule has 0 aromatic heterocycles. The van der Waals surface area contributed by atoms with Crippen LogP contribution in [0.5, 0.6) is 0 Å². The second-order valence-corrected chi connectivity index (χ2v) is 2.75. The van der Waals surface area contributed by atoms with Gasteiger partial charge in [0.15, 0.2) is 0 Å². The van der Waals surface area contributed by atoms with Crippen molar-refractivity contribution < 1.29 is 4.39 Å². The molecule has 0 radical (unpaired) electrons. The average molecular weight is 151 g/mol. The molecule has 4 heteroatoms. The summed E-state index contributed by atoms with van der Waals surface area (Å²) >= 11 is 5.73. The van der Waals surface area contributed by atoms with Crippen LogP contribution >= 0.6 is 24.0 Å². The maximum atomic E-state index is 11.2. The zero-order valence-electron chi connectivity index (χ0n) is 4.13. The number of hydrogen-bond acceptors (Lipinski definition) is 2. The fourth-order valence-electron chi connectivity index (χ4n) is 0.167. The Hall–Kier alpha value is -0.0900. The van der Waals surface area contributed by atoms with Crippen LogP contribution in [0.1, 0.15) is 0 Å². The number of nitrogens with two attached hydrogens (primary N) is 1. The molecular weight excluding hydrogens is 145 g/mol. The van der Waals surface area contributed by atoms with Crippen molar-refractivity contribution >= 4 is 28.3 Å². The van der Waals surface area contributed by atoms with E-state index in [1.54, 1.807) is 0 Å². The largest absolute Gasteiger partial charge is 0.385 e. The first kappa shape index (κ1) is 7.91. The molecule has 0 fully saturated rings. The molecule has 0 bridgehead atoms. The molecule has 1 nitrogen and oxygen atoms in total. The Morgan fingerprint density at radius 2 is 2.50 bits per heavy atom. The summed E-state index contributed by atoms with van der Waals surface area (Å²) < 4.78 is 11.5. The quantitative estimate of drug-likeness (QED) is 0.605. The molecule has 0 heterocycles. The summed E-state index contributed by atoms with van der Waals surface area (Å²) in [5.41, 5.74) is 5.07. The summed E-state index contributed by atoms with van der Waals surface area (Å²) in [6.45, 7) is 0. The predicted octanol–water partition coefficient (Wildman–Crippen LogP) is 1.45. The van der Waals surface area contributed by atoms with Gasteiger partial charge in [-0.25, -0.2) is 4.39 Å². The highest BCUT2D eigenvalue weighted by Crippen LogP contribution is 1.98. The molecule has 0 aromatic carbocycles. The van der Waals surface area contributed by atoms with Gasteiger partial charge in [-0.2, -0.15) is 0 Å². The smallest absolute Gasteiger partial charge is 0.131 e. The first-order chi connectivity index (χ1) is 3.77. The van der Waals surface area contributed by atoms with Gasteiger partial charge in [0.05, 0.1) is 6.33 Å². The van der Waals surface area contributed by atoms with Crippen LogP contribution in [0.3, 0.4) is 0 Å². The van der Waals surface area contributed by atoms with Gasteiger partial charge in [-0.3, -0.25) is 0 Å². The third kappa shape index (κ3) is 5.91. The first-order valence-electron chi connectivity index (χ1n) is 1.95. The van der Waals surface area contributed by atoms with Gasteiger partial charge in [0, 0.05) is 5.75 Å². The number of thioether (sulfide) groups is 1. The van der Waals surface area contributed by atoms with Gasteiger partial charge in [0.1, 0.15) is 4.32 Å². The summed E-state index contributed by atoms with van der Waals surface area (Å²) in [5.74, 6) is 0.520.